The molecule has 2 aliphatic rings. The number of benzene rings is 2. The number of likely N-dealkylation sites (tertiary alicyclic amines) is 1. The van der Waals surface area contributed by atoms with E-state index >= 15 is 0 Å². The van der Waals surface area contributed by atoms with Crippen LogP contribution in [0.1, 0.15) is 63.5 Å². The van der Waals surface area contributed by atoms with Crippen molar-refractivity contribution in [2.24, 2.45) is 5.92 Å². The van der Waals surface area contributed by atoms with Gasteiger partial charge in [0.2, 0.25) is 11.8 Å². The largest absolute Gasteiger partial charge is 0.343 e. The van der Waals surface area contributed by atoms with Gasteiger partial charge in [0, 0.05) is 23.7 Å². The van der Waals surface area contributed by atoms with Crippen LogP contribution in [0.4, 0.5) is 0 Å². The summed E-state index contributed by atoms with van der Waals surface area (Å²) in [4.78, 5) is 33.7. The van der Waals surface area contributed by atoms with Gasteiger partial charge in [-0.2, -0.15) is 0 Å². The summed E-state index contributed by atoms with van der Waals surface area (Å²) in [5.41, 5.74) is 3.19. The van der Waals surface area contributed by atoms with Crippen LogP contribution in [-0.2, 0) is 9.59 Å². The van der Waals surface area contributed by atoms with Crippen molar-refractivity contribution in [1.29, 1.82) is 0 Å². The average molecular weight is 499 g/mol. The van der Waals surface area contributed by atoms with Gasteiger partial charge in [-0.25, -0.2) is 0 Å². The zero-order valence-electron chi connectivity index (χ0n) is 22.0. The van der Waals surface area contributed by atoms with Crippen LogP contribution in [0.2, 0.25) is 0 Å². The number of carbonyl (C=O) groups excluding carboxylic acids is 2. The summed E-state index contributed by atoms with van der Waals surface area (Å²) in [6, 6.07) is 18.0. The number of amides is 2. The number of aromatic nitrogens is 1. The van der Waals surface area contributed by atoms with Crippen LogP contribution in [-0.4, -0.2) is 47.4 Å². The van der Waals surface area contributed by atoms with Crippen molar-refractivity contribution >= 4 is 22.6 Å². The van der Waals surface area contributed by atoms with Gasteiger partial charge in [0.05, 0.1) is 17.8 Å². The molecular weight excluding hydrogens is 460 g/mol. The van der Waals surface area contributed by atoms with Crippen molar-refractivity contribution in [2.45, 2.75) is 70.0 Å². The van der Waals surface area contributed by atoms with Crippen LogP contribution in [0.25, 0.3) is 22.0 Å². The first kappa shape index (κ1) is 25.4. The Morgan fingerprint density at radius 1 is 0.973 bits per heavy atom. The SMILES string of the molecule is CNC(C)C(=O)NC(C(=O)N1CCCC1c1ccc2ccnc(-c3ccccc3)c2c1)C1CCCCC1. The van der Waals surface area contributed by atoms with Crippen molar-refractivity contribution in [3.8, 4) is 11.3 Å². The lowest BCUT2D eigenvalue weighted by Gasteiger charge is -2.35. The third-order valence-electron chi connectivity index (χ3n) is 8.27. The second-order valence-electron chi connectivity index (χ2n) is 10.6. The number of nitrogens with zero attached hydrogens (tertiary/aromatic N) is 2. The molecule has 5 rings (SSSR count). The second-order valence-corrected chi connectivity index (χ2v) is 10.6. The first-order valence-electron chi connectivity index (χ1n) is 13.8. The molecule has 1 saturated heterocycles. The van der Waals surface area contributed by atoms with Crippen LogP contribution >= 0.6 is 0 Å². The van der Waals surface area contributed by atoms with Crippen molar-refractivity contribution in [2.75, 3.05) is 13.6 Å². The molecular formula is C31H38N4O2. The summed E-state index contributed by atoms with van der Waals surface area (Å²) in [6.45, 7) is 2.56. The molecule has 1 aliphatic heterocycles. The lowest BCUT2D eigenvalue weighted by molar-refractivity contribution is -0.139. The minimum atomic E-state index is -0.466. The number of fused-ring (bicyclic) bond motifs is 1. The van der Waals surface area contributed by atoms with E-state index in [1.807, 2.05) is 42.3 Å². The van der Waals surface area contributed by atoms with Crippen molar-refractivity contribution in [1.82, 2.24) is 20.5 Å². The summed E-state index contributed by atoms with van der Waals surface area (Å²) in [5.74, 6) is 0.160. The average Bonchev–Trinajstić information content (AvgIpc) is 3.45. The third kappa shape index (κ3) is 5.40. The molecule has 2 aromatic carbocycles. The highest BCUT2D eigenvalue weighted by Gasteiger charge is 2.39. The highest BCUT2D eigenvalue weighted by Crippen LogP contribution is 2.37. The van der Waals surface area contributed by atoms with E-state index in [9.17, 15) is 9.59 Å². The van der Waals surface area contributed by atoms with E-state index < -0.39 is 6.04 Å². The van der Waals surface area contributed by atoms with Crippen molar-refractivity contribution < 1.29 is 9.59 Å². The Morgan fingerprint density at radius 3 is 2.51 bits per heavy atom. The van der Waals surface area contributed by atoms with Crippen LogP contribution in [0.3, 0.4) is 0 Å². The van der Waals surface area contributed by atoms with Gasteiger partial charge in [-0.15, -0.1) is 0 Å². The van der Waals surface area contributed by atoms with Crippen LogP contribution in [0.15, 0.2) is 60.8 Å². The van der Waals surface area contributed by atoms with E-state index in [1.54, 1.807) is 7.05 Å². The Hall–Kier alpha value is -3.25. The predicted molar refractivity (Wildman–Crippen MR) is 148 cm³/mol. The zero-order valence-corrected chi connectivity index (χ0v) is 22.0. The van der Waals surface area contributed by atoms with Gasteiger partial charge in [0.25, 0.3) is 0 Å². The van der Waals surface area contributed by atoms with Crippen LogP contribution < -0.4 is 10.6 Å². The monoisotopic (exact) mass is 498 g/mol. The van der Waals surface area contributed by atoms with Gasteiger partial charge in [0.1, 0.15) is 6.04 Å². The zero-order chi connectivity index (χ0) is 25.8. The number of nitrogens with one attached hydrogen (secondary N) is 2. The maximum Gasteiger partial charge on any atom is 0.245 e. The summed E-state index contributed by atoms with van der Waals surface area (Å²) in [7, 11) is 1.77. The number of hydrogen-bond acceptors (Lipinski definition) is 4. The molecule has 6 nitrogen and oxygen atoms in total. The van der Waals surface area contributed by atoms with Crippen LogP contribution in [0.5, 0.6) is 0 Å². The summed E-state index contributed by atoms with van der Waals surface area (Å²) in [5, 5.41) is 8.40. The number of likely N-dealkylation sites (N-methyl/N-ethyl adjacent to an activating group) is 1. The fourth-order valence-corrected chi connectivity index (χ4v) is 6.03. The molecule has 3 atom stereocenters. The molecule has 2 N–H and O–H groups in total. The molecule has 0 radical (unpaired) electrons. The van der Waals surface area contributed by atoms with E-state index in [1.165, 1.54) is 6.42 Å². The second kappa shape index (κ2) is 11.4. The highest BCUT2D eigenvalue weighted by atomic mass is 16.2. The van der Waals surface area contributed by atoms with Crippen molar-refractivity contribution in [3.63, 3.8) is 0 Å². The van der Waals surface area contributed by atoms with Gasteiger partial charge in [-0.3, -0.25) is 14.6 Å². The fraction of sp³-hybridized carbons (Fsp3) is 0.452. The number of hydrogen-bond donors (Lipinski definition) is 2. The van der Waals surface area contributed by atoms with Gasteiger partial charge in [-0.05, 0) is 68.7 Å². The van der Waals surface area contributed by atoms with Gasteiger partial charge >= 0.3 is 0 Å². The van der Waals surface area contributed by atoms with E-state index in [0.717, 1.165) is 72.7 Å². The van der Waals surface area contributed by atoms with Crippen molar-refractivity contribution in [3.05, 3.63) is 66.4 Å². The molecule has 2 amide bonds. The Kier molecular flexibility index (Phi) is 7.85. The van der Waals surface area contributed by atoms with Gasteiger partial charge in [-0.1, -0.05) is 61.7 Å². The number of rotatable bonds is 7. The third-order valence-corrected chi connectivity index (χ3v) is 8.27. The molecule has 0 bridgehead atoms. The summed E-state index contributed by atoms with van der Waals surface area (Å²) >= 11 is 0. The van der Waals surface area contributed by atoms with E-state index in [0.29, 0.717) is 0 Å². The lowest BCUT2D eigenvalue weighted by atomic mass is 9.83. The minimum Gasteiger partial charge on any atom is -0.343 e. The smallest absolute Gasteiger partial charge is 0.245 e. The summed E-state index contributed by atoms with van der Waals surface area (Å²) in [6.07, 6.45) is 9.18. The first-order valence-corrected chi connectivity index (χ1v) is 13.8. The Bertz CT molecular complexity index is 1240. The van der Waals surface area contributed by atoms with E-state index in [-0.39, 0.29) is 29.8 Å². The number of pyridine rings is 1. The molecule has 1 aliphatic carbocycles. The molecule has 3 aromatic rings. The minimum absolute atomic E-state index is 0.00504. The lowest BCUT2D eigenvalue weighted by Crippen LogP contribution is -2.55. The molecule has 194 valence electrons. The van der Waals surface area contributed by atoms with Crippen LogP contribution in [0, 0.1) is 5.92 Å². The van der Waals surface area contributed by atoms with Gasteiger partial charge in [0.15, 0.2) is 0 Å². The fourth-order valence-electron chi connectivity index (χ4n) is 6.03. The van der Waals surface area contributed by atoms with E-state index in [4.69, 9.17) is 4.98 Å². The maximum absolute atomic E-state index is 14.1. The van der Waals surface area contributed by atoms with E-state index in [2.05, 4.69) is 41.0 Å². The standard InChI is InChI=1S/C31H38N4O2/c1-21(32-2)30(36)34-29(24-12-7-4-8-13-24)31(37)35-19-9-14-27(35)25-16-15-22-17-18-33-28(26(22)20-25)23-10-5-3-6-11-23/h3,5-6,10-11,15-18,20-21,24,27,29,32H,4,7-9,12-14,19H2,1-2H3,(H,34,36). The first-order chi connectivity index (χ1) is 18.1. The Balaban J connectivity index is 1.46. The molecule has 1 saturated carbocycles. The number of carbonyl (C=O) groups is 2. The molecule has 6 heteroatoms. The van der Waals surface area contributed by atoms with Gasteiger partial charge < -0.3 is 15.5 Å². The molecule has 3 unspecified atom stereocenters. The molecule has 2 fully saturated rings. The summed E-state index contributed by atoms with van der Waals surface area (Å²) < 4.78 is 0. The molecule has 0 spiro atoms. The quantitative estimate of drug-likeness (QED) is 0.467. The molecule has 37 heavy (non-hydrogen) atoms. The molecule has 1 aromatic heterocycles. The Morgan fingerprint density at radius 2 is 1.76 bits per heavy atom. The molecule has 2 heterocycles. The Labute approximate surface area is 219 Å². The topological polar surface area (TPSA) is 74.3 Å². The maximum atomic E-state index is 14.1. The predicted octanol–water partition coefficient (Wildman–Crippen LogP) is 5.24. The normalized spacial score (nSPS) is 20.1. The highest BCUT2D eigenvalue weighted by molar-refractivity contribution is 5.95.